The molecule has 0 unspecified atom stereocenters. The van der Waals surface area contributed by atoms with Crippen LogP contribution in [0.25, 0.3) is 0 Å². The van der Waals surface area contributed by atoms with Crippen LogP contribution in [-0.4, -0.2) is 26.2 Å². The van der Waals surface area contributed by atoms with Crippen molar-refractivity contribution < 1.29 is 4.92 Å². The van der Waals surface area contributed by atoms with Crippen LogP contribution in [0.15, 0.2) is 18.3 Å². The molecule has 0 aliphatic carbocycles. The van der Waals surface area contributed by atoms with Crippen LogP contribution in [-0.2, 0) is 13.5 Å². The molecule has 0 radical (unpaired) electrons. The fraction of sp³-hybridized carbons (Fsp3) is 0.385. The summed E-state index contributed by atoms with van der Waals surface area (Å²) in [5, 5.41) is 21.4. The highest BCUT2D eigenvalue weighted by Crippen LogP contribution is 2.25. The van der Waals surface area contributed by atoms with E-state index in [1.165, 1.54) is 12.1 Å². The largest absolute Gasteiger partial charge is 0.370 e. The number of nitrogens with zero attached hydrogens (tertiary/aromatic N) is 4. The summed E-state index contributed by atoms with van der Waals surface area (Å²) in [5.41, 5.74) is 1.68. The standard InChI is InChI=1S/C13H18N6O2/c1-4-10-11(8-18(3)17-10)15-13-7-9(19(20)21)6-12(16-13)14-5-2/h6-8H,4-5H2,1-3H3,(H2,14,15,16). The van der Waals surface area contributed by atoms with E-state index in [0.717, 1.165) is 17.8 Å². The van der Waals surface area contributed by atoms with Gasteiger partial charge in [-0.05, 0) is 13.3 Å². The minimum absolute atomic E-state index is 0.00890. The third-order valence-corrected chi connectivity index (χ3v) is 2.88. The SMILES string of the molecule is CCNc1cc([N+](=O)[O-])cc(Nc2cn(C)nc2CC)n1. The molecule has 0 spiro atoms. The van der Waals surface area contributed by atoms with Crippen LogP contribution in [0.2, 0.25) is 0 Å². The summed E-state index contributed by atoms with van der Waals surface area (Å²) in [6.45, 7) is 4.54. The first-order chi connectivity index (χ1) is 10.0. The monoisotopic (exact) mass is 290 g/mol. The van der Waals surface area contributed by atoms with Crippen LogP contribution in [0.4, 0.5) is 23.0 Å². The molecule has 0 atom stereocenters. The predicted molar refractivity (Wildman–Crippen MR) is 80.9 cm³/mol. The van der Waals surface area contributed by atoms with Gasteiger partial charge in [-0.1, -0.05) is 6.92 Å². The van der Waals surface area contributed by atoms with E-state index in [2.05, 4.69) is 20.7 Å². The minimum atomic E-state index is -0.433. The van der Waals surface area contributed by atoms with E-state index in [1.54, 1.807) is 4.68 Å². The molecule has 2 rings (SSSR count). The smallest absolute Gasteiger partial charge is 0.276 e. The van der Waals surface area contributed by atoms with Gasteiger partial charge >= 0.3 is 0 Å². The normalized spacial score (nSPS) is 10.4. The fourth-order valence-corrected chi connectivity index (χ4v) is 2.00. The summed E-state index contributed by atoms with van der Waals surface area (Å²) in [6, 6.07) is 2.83. The molecule has 0 aliphatic rings. The third-order valence-electron chi connectivity index (χ3n) is 2.88. The number of nitro groups is 1. The van der Waals surface area contributed by atoms with Gasteiger partial charge < -0.3 is 10.6 Å². The Morgan fingerprint density at radius 3 is 2.67 bits per heavy atom. The number of pyridine rings is 1. The lowest BCUT2D eigenvalue weighted by atomic mass is 10.3. The fourth-order valence-electron chi connectivity index (χ4n) is 2.00. The minimum Gasteiger partial charge on any atom is -0.370 e. The van der Waals surface area contributed by atoms with Crippen molar-refractivity contribution in [3.8, 4) is 0 Å². The van der Waals surface area contributed by atoms with Gasteiger partial charge in [0.25, 0.3) is 5.69 Å². The lowest BCUT2D eigenvalue weighted by Gasteiger charge is -2.08. The van der Waals surface area contributed by atoms with Crippen LogP contribution in [0.1, 0.15) is 19.5 Å². The van der Waals surface area contributed by atoms with Crippen molar-refractivity contribution in [3.05, 3.63) is 34.1 Å². The van der Waals surface area contributed by atoms with E-state index < -0.39 is 4.92 Å². The van der Waals surface area contributed by atoms with E-state index in [1.807, 2.05) is 27.1 Å². The molecule has 21 heavy (non-hydrogen) atoms. The first-order valence-electron chi connectivity index (χ1n) is 6.73. The lowest BCUT2D eigenvalue weighted by molar-refractivity contribution is -0.384. The molecular formula is C13H18N6O2. The van der Waals surface area contributed by atoms with E-state index in [9.17, 15) is 10.1 Å². The van der Waals surface area contributed by atoms with Crippen LogP contribution >= 0.6 is 0 Å². The topological polar surface area (TPSA) is 97.9 Å². The van der Waals surface area contributed by atoms with Gasteiger partial charge in [-0.3, -0.25) is 14.8 Å². The maximum absolute atomic E-state index is 11.0. The zero-order valence-electron chi connectivity index (χ0n) is 12.3. The molecule has 0 bridgehead atoms. The molecule has 2 aromatic rings. The maximum atomic E-state index is 11.0. The van der Waals surface area contributed by atoms with Gasteiger partial charge in [0.05, 0.1) is 28.4 Å². The van der Waals surface area contributed by atoms with Crippen molar-refractivity contribution in [1.82, 2.24) is 14.8 Å². The van der Waals surface area contributed by atoms with Crippen LogP contribution in [0, 0.1) is 10.1 Å². The Morgan fingerprint density at radius 2 is 2.05 bits per heavy atom. The van der Waals surface area contributed by atoms with Gasteiger partial charge in [-0.25, -0.2) is 4.98 Å². The predicted octanol–water partition coefficient (Wildman–Crippen LogP) is 2.46. The molecule has 8 heteroatoms. The zero-order valence-corrected chi connectivity index (χ0v) is 12.3. The van der Waals surface area contributed by atoms with Gasteiger partial charge in [-0.15, -0.1) is 0 Å². The number of aromatic nitrogens is 3. The summed E-state index contributed by atoms with van der Waals surface area (Å²) >= 11 is 0. The second kappa shape index (κ2) is 6.21. The van der Waals surface area contributed by atoms with Crippen LogP contribution in [0.5, 0.6) is 0 Å². The van der Waals surface area contributed by atoms with Crippen molar-refractivity contribution >= 4 is 23.0 Å². The summed E-state index contributed by atoms with van der Waals surface area (Å²) in [5.74, 6) is 0.888. The number of hydrogen-bond donors (Lipinski definition) is 2. The molecule has 0 aliphatic heterocycles. The summed E-state index contributed by atoms with van der Waals surface area (Å²) in [7, 11) is 1.83. The average Bonchev–Trinajstić information content (AvgIpc) is 2.78. The molecule has 0 saturated heterocycles. The van der Waals surface area contributed by atoms with E-state index >= 15 is 0 Å². The number of nitrogens with one attached hydrogen (secondary N) is 2. The molecule has 112 valence electrons. The quantitative estimate of drug-likeness (QED) is 0.626. The van der Waals surface area contributed by atoms with Crippen molar-refractivity contribution in [2.45, 2.75) is 20.3 Å². The van der Waals surface area contributed by atoms with E-state index in [0.29, 0.717) is 18.2 Å². The molecule has 0 amide bonds. The zero-order chi connectivity index (χ0) is 15.4. The van der Waals surface area contributed by atoms with Crippen LogP contribution in [0.3, 0.4) is 0 Å². The van der Waals surface area contributed by atoms with Gasteiger partial charge in [0.15, 0.2) is 0 Å². The van der Waals surface area contributed by atoms with Gasteiger partial charge in [0.1, 0.15) is 11.6 Å². The first-order valence-corrected chi connectivity index (χ1v) is 6.73. The van der Waals surface area contributed by atoms with Crippen molar-refractivity contribution in [2.75, 3.05) is 17.2 Å². The Morgan fingerprint density at radius 1 is 1.33 bits per heavy atom. The van der Waals surface area contributed by atoms with Crippen molar-refractivity contribution in [3.63, 3.8) is 0 Å². The lowest BCUT2D eigenvalue weighted by Crippen LogP contribution is -2.03. The molecule has 2 N–H and O–H groups in total. The molecule has 0 fully saturated rings. The highest BCUT2D eigenvalue weighted by atomic mass is 16.6. The summed E-state index contributed by atoms with van der Waals surface area (Å²) < 4.78 is 1.70. The summed E-state index contributed by atoms with van der Waals surface area (Å²) in [4.78, 5) is 14.9. The number of hydrogen-bond acceptors (Lipinski definition) is 6. The number of rotatable bonds is 6. The van der Waals surface area contributed by atoms with E-state index in [-0.39, 0.29) is 5.69 Å². The molecule has 0 aromatic carbocycles. The van der Waals surface area contributed by atoms with E-state index in [4.69, 9.17) is 0 Å². The molecule has 0 saturated carbocycles. The molecule has 2 heterocycles. The average molecular weight is 290 g/mol. The Hall–Kier alpha value is -2.64. The first kappa shape index (κ1) is 14.8. The Labute approximate surface area is 122 Å². The molecule has 2 aromatic heterocycles. The maximum Gasteiger partial charge on any atom is 0.276 e. The number of aryl methyl sites for hydroxylation is 2. The van der Waals surface area contributed by atoms with Crippen molar-refractivity contribution in [1.29, 1.82) is 0 Å². The third kappa shape index (κ3) is 3.47. The molecular weight excluding hydrogens is 272 g/mol. The number of anilines is 3. The second-order valence-corrected chi connectivity index (χ2v) is 4.52. The van der Waals surface area contributed by atoms with Gasteiger partial charge in [0, 0.05) is 19.8 Å². The Kier molecular flexibility index (Phi) is 4.36. The van der Waals surface area contributed by atoms with Crippen LogP contribution < -0.4 is 10.6 Å². The molecule has 8 nitrogen and oxygen atoms in total. The highest BCUT2D eigenvalue weighted by Gasteiger charge is 2.13. The Bertz CT molecular complexity index is 652. The van der Waals surface area contributed by atoms with Gasteiger partial charge in [-0.2, -0.15) is 5.10 Å². The Balaban J connectivity index is 2.35. The van der Waals surface area contributed by atoms with Crippen molar-refractivity contribution in [2.24, 2.45) is 7.05 Å². The summed E-state index contributed by atoms with van der Waals surface area (Å²) in [6.07, 6.45) is 2.59. The highest BCUT2D eigenvalue weighted by molar-refractivity contribution is 5.63. The second-order valence-electron chi connectivity index (χ2n) is 4.52. The van der Waals surface area contributed by atoms with Gasteiger partial charge in [0.2, 0.25) is 0 Å².